The van der Waals surface area contributed by atoms with Gasteiger partial charge in [0.25, 0.3) is 5.91 Å². The van der Waals surface area contributed by atoms with Crippen molar-refractivity contribution in [3.63, 3.8) is 0 Å². The fourth-order valence-electron chi connectivity index (χ4n) is 1.84. The summed E-state index contributed by atoms with van der Waals surface area (Å²) in [6, 6.07) is 8.01. The topological polar surface area (TPSA) is 64.3 Å². The quantitative estimate of drug-likeness (QED) is 0.804. The maximum absolute atomic E-state index is 11.9. The molecule has 3 atom stereocenters. The SMILES string of the molecule is CCC(C)NC(=O)C(C)Oc1cccc(CC(C)N)c1. The minimum atomic E-state index is -0.505. The third-order valence-corrected chi connectivity index (χ3v) is 3.14. The number of carbonyl (C=O) groups is 1. The molecule has 3 unspecified atom stereocenters. The monoisotopic (exact) mass is 278 g/mol. The van der Waals surface area contributed by atoms with Crippen LogP contribution in [0.4, 0.5) is 0 Å². The number of ether oxygens (including phenoxy) is 1. The van der Waals surface area contributed by atoms with Crippen LogP contribution >= 0.6 is 0 Å². The molecule has 0 fully saturated rings. The van der Waals surface area contributed by atoms with Crippen molar-refractivity contribution in [1.82, 2.24) is 5.32 Å². The summed E-state index contributed by atoms with van der Waals surface area (Å²) in [5.41, 5.74) is 6.91. The summed E-state index contributed by atoms with van der Waals surface area (Å²) in [5, 5.41) is 2.91. The Hall–Kier alpha value is -1.55. The number of benzene rings is 1. The van der Waals surface area contributed by atoms with Crippen LogP contribution in [-0.4, -0.2) is 24.1 Å². The number of nitrogens with two attached hydrogens (primary N) is 1. The average molecular weight is 278 g/mol. The number of carbonyl (C=O) groups excluding carboxylic acids is 1. The smallest absolute Gasteiger partial charge is 0.260 e. The van der Waals surface area contributed by atoms with Crippen LogP contribution < -0.4 is 15.8 Å². The molecule has 0 saturated carbocycles. The molecule has 1 amide bonds. The van der Waals surface area contributed by atoms with Gasteiger partial charge in [0.15, 0.2) is 6.10 Å². The van der Waals surface area contributed by atoms with Crippen LogP contribution in [0.25, 0.3) is 0 Å². The van der Waals surface area contributed by atoms with Crippen molar-refractivity contribution >= 4 is 5.91 Å². The normalized spacial score (nSPS) is 15.2. The van der Waals surface area contributed by atoms with Gasteiger partial charge in [0, 0.05) is 12.1 Å². The van der Waals surface area contributed by atoms with Crippen molar-refractivity contribution in [3.05, 3.63) is 29.8 Å². The molecule has 0 heterocycles. The Morgan fingerprint density at radius 3 is 2.65 bits per heavy atom. The van der Waals surface area contributed by atoms with Crippen LogP contribution in [0, 0.1) is 0 Å². The Morgan fingerprint density at radius 2 is 2.05 bits per heavy atom. The number of hydrogen-bond donors (Lipinski definition) is 2. The molecule has 0 saturated heterocycles. The van der Waals surface area contributed by atoms with Crippen molar-refractivity contribution in [1.29, 1.82) is 0 Å². The van der Waals surface area contributed by atoms with Gasteiger partial charge in [-0.25, -0.2) is 0 Å². The van der Waals surface area contributed by atoms with E-state index in [1.54, 1.807) is 6.92 Å². The number of rotatable bonds is 7. The predicted octanol–water partition coefficient (Wildman–Crippen LogP) is 2.26. The molecule has 0 aliphatic carbocycles. The first-order valence-electron chi connectivity index (χ1n) is 7.24. The van der Waals surface area contributed by atoms with Crippen molar-refractivity contribution in [2.24, 2.45) is 5.73 Å². The van der Waals surface area contributed by atoms with Gasteiger partial charge < -0.3 is 15.8 Å². The third kappa shape index (κ3) is 5.61. The summed E-state index contributed by atoms with van der Waals surface area (Å²) in [6.45, 7) is 7.74. The van der Waals surface area contributed by atoms with Gasteiger partial charge >= 0.3 is 0 Å². The number of nitrogens with one attached hydrogen (secondary N) is 1. The van der Waals surface area contributed by atoms with E-state index in [4.69, 9.17) is 10.5 Å². The molecule has 0 bridgehead atoms. The Balaban J connectivity index is 2.61. The average Bonchev–Trinajstić information content (AvgIpc) is 2.38. The zero-order valence-corrected chi connectivity index (χ0v) is 12.8. The summed E-state index contributed by atoms with van der Waals surface area (Å²) in [5.74, 6) is 0.617. The molecule has 0 aliphatic heterocycles. The lowest BCUT2D eigenvalue weighted by Crippen LogP contribution is -2.40. The zero-order chi connectivity index (χ0) is 15.1. The first-order chi connectivity index (χ1) is 9.42. The Morgan fingerprint density at radius 1 is 1.35 bits per heavy atom. The van der Waals surface area contributed by atoms with E-state index in [0.29, 0.717) is 5.75 Å². The number of amides is 1. The molecule has 1 rings (SSSR count). The van der Waals surface area contributed by atoms with Gasteiger partial charge in [-0.15, -0.1) is 0 Å². The minimum absolute atomic E-state index is 0.0862. The molecule has 0 radical (unpaired) electrons. The summed E-state index contributed by atoms with van der Waals surface area (Å²) in [4.78, 5) is 11.9. The third-order valence-electron chi connectivity index (χ3n) is 3.14. The van der Waals surface area contributed by atoms with Gasteiger partial charge in [-0.3, -0.25) is 4.79 Å². The lowest BCUT2D eigenvalue weighted by Gasteiger charge is -2.18. The van der Waals surface area contributed by atoms with Gasteiger partial charge in [0.05, 0.1) is 0 Å². The van der Waals surface area contributed by atoms with Gasteiger partial charge in [-0.05, 0) is 51.3 Å². The Labute approximate surface area is 121 Å². The van der Waals surface area contributed by atoms with Gasteiger partial charge in [-0.2, -0.15) is 0 Å². The molecule has 0 aliphatic rings. The van der Waals surface area contributed by atoms with Gasteiger partial charge in [-0.1, -0.05) is 19.1 Å². The molecule has 1 aromatic carbocycles. The van der Waals surface area contributed by atoms with Crippen LogP contribution in [0.2, 0.25) is 0 Å². The maximum atomic E-state index is 11.9. The van der Waals surface area contributed by atoms with Crippen molar-refractivity contribution < 1.29 is 9.53 Å². The summed E-state index contributed by atoms with van der Waals surface area (Å²) >= 11 is 0. The Kier molecular flexibility index (Phi) is 6.52. The van der Waals surface area contributed by atoms with Crippen LogP contribution in [0.1, 0.15) is 39.7 Å². The first-order valence-corrected chi connectivity index (χ1v) is 7.24. The summed E-state index contributed by atoms with van der Waals surface area (Å²) < 4.78 is 5.69. The van der Waals surface area contributed by atoms with E-state index in [-0.39, 0.29) is 18.0 Å². The number of hydrogen-bond acceptors (Lipinski definition) is 3. The zero-order valence-electron chi connectivity index (χ0n) is 12.8. The molecule has 112 valence electrons. The molecular weight excluding hydrogens is 252 g/mol. The molecule has 1 aromatic rings. The van der Waals surface area contributed by atoms with Gasteiger partial charge in [0.1, 0.15) is 5.75 Å². The summed E-state index contributed by atoms with van der Waals surface area (Å²) in [7, 11) is 0. The minimum Gasteiger partial charge on any atom is -0.481 e. The van der Waals surface area contributed by atoms with Crippen LogP contribution in [0.3, 0.4) is 0 Å². The lowest BCUT2D eigenvalue weighted by molar-refractivity contribution is -0.127. The summed E-state index contributed by atoms with van der Waals surface area (Å²) in [6.07, 6.45) is 1.20. The fourth-order valence-corrected chi connectivity index (χ4v) is 1.84. The van der Waals surface area contributed by atoms with E-state index in [0.717, 1.165) is 18.4 Å². The predicted molar refractivity (Wildman–Crippen MR) is 81.8 cm³/mol. The highest BCUT2D eigenvalue weighted by Crippen LogP contribution is 2.16. The van der Waals surface area contributed by atoms with Crippen LogP contribution in [-0.2, 0) is 11.2 Å². The van der Waals surface area contributed by atoms with E-state index in [2.05, 4.69) is 5.32 Å². The molecule has 0 spiro atoms. The first kappa shape index (κ1) is 16.5. The van der Waals surface area contributed by atoms with E-state index in [1.165, 1.54) is 0 Å². The second kappa shape index (κ2) is 7.90. The standard InChI is InChI=1S/C16H26N2O2/c1-5-12(3)18-16(19)13(4)20-15-8-6-7-14(10-15)9-11(2)17/h6-8,10-13H,5,9,17H2,1-4H3,(H,18,19). The molecular formula is C16H26N2O2. The largest absolute Gasteiger partial charge is 0.481 e. The maximum Gasteiger partial charge on any atom is 0.260 e. The van der Waals surface area contributed by atoms with E-state index >= 15 is 0 Å². The highest BCUT2D eigenvalue weighted by atomic mass is 16.5. The van der Waals surface area contributed by atoms with E-state index in [1.807, 2.05) is 45.0 Å². The second-order valence-electron chi connectivity index (χ2n) is 5.41. The van der Waals surface area contributed by atoms with Crippen molar-refractivity contribution in [2.45, 2.75) is 58.7 Å². The Bertz CT molecular complexity index is 432. The molecule has 3 N–H and O–H groups in total. The molecule has 4 heteroatoms. The molecule has 0 aromatic heterocycles. The second-order valence-corrected chi connectivity index (χ2v) is 5.41. The van der Waals surface area contributed by atoms with Crippen LogP contribution in [0.15, 0.2) is 24.3 Å². The molecule has 20 heavy (non-hydrogen) atoms. The fraction of sp³-hybridized carbons (Fsp3) is 0.562. The van der Waals surface area contributed by atoms with E-state index in [9.17, 15) is 4.79 Å². The highest BCUT2D eigenvalue weighted by molar-refractivity contribution is 5.80. The lowest BCUT2D eigenvalue weighted by atomic mass is 10.1. The molecule has 4 nitrogen and oxygen atoms in total. The highest BCUT2D eigenvalue weighted by Gasteiger charge is 2.16. The van der Waals surface area contributed by atoms with Gasteiger partial charge in [0.2, 0.25) is 0 Å². The van der Waals surface area contributed by atoms with E-state index < -0.39 is 6.10 Å². The van der Waals surface area contributed by atoms with Crippen molar-refractivity contribution in [3.8, 4) is 5.75 Å². The van der Waals surface area contributed by atoms with Crippen LogP contribution in [0.5, 0.6) is 5.75 Å². The van der Waals surface area contributed by atoms with Crippen molar-refractivity contribution in [2.75, 3.05) is 0 Å².